The molecule has 0 saturated carbocycles. The first-order valence-electron chi connectivity index (χ1n) is 5.67. The van der Waals surface area contributed by atoms with E-state index in [0.717, 1.165) is 20.8 Å². The Morgan fingerprint density at radius 1 is 1.28 bits per heavy atom. The van der Waals surface area contributed by atoms with Crippen LogP contribution in [0.25, 0.3) is 11.0 Å². The van der Waals surface area contributed by atoms with Crippen LogP contribution < -0.4 is 11.2 Å². The molecular formula is C12H15N3O2S. The van der Waals surface area contributed by atoms with Gasteiger partial charge in [0.25, 0.3) is 5.56 Å². The van der Waals surface area contributed by atoms with E-state index < -0.39 is 0 Å². The summed E-state index contributed by atoms with van der Waals surface area (Å²) in [6.45, 7) is 3.96. The van der Waals surface area contributed by atoms with Gasteiger partial charge in [-0.15, -0.1) is 11.8 Å². The molecule has 0 saturated heterocycles. The van der Waals surface area contributed by atoms with Crippen LogP contribution in [0.5, 0.6) is 0 Å². The first kappa shape index (κ1) is 12.9. The highest BCUT2D eigenvalue weighted by Gasteiger charge is 2.15. The summed E-state index contributed by atoms with van der Waals surface area (Å²) in [6, 6.07) is 0. The van der Waals surface area contributed by atoms with Gasteiger partial charge in [0.2, 0.25) is 0 Å². The number of pyridine rings is 1. The van der Waals surface area contributed by atoms with Crippen LogP contribution in [0.1, 0.15) is 12.5 Å². The minimum Gasteiger partial charge on any atom is -0.280 e. The smallest absolute Gasteiger partial charge is 0.280 e. The van der Waals surface area contributed by atoms with E-state index in [1.807, 2.05) is 13.8 Å². The van der Waals surface area contributed by atoms with Gasteiger partial charge in [0.15, 0.2) is 0 Å². The van der Waals surface area contributed by atoms with E-state index >= 15 is 0 Å². The van der Waals surface area contributed by atoms with Crippen molar-refractivity contribution in [2.45, 2.75) is 18.7 Å². The molecule has 0 amide bonds. The van der Waals surface area contributed by atoms with Crippen molar-refractivity contribution in [1.29, 1.82) is 0 Å². The van der Waals surface area contributed by atoms with E-state index in [1.54, 1.807) is 25.0 Å². The van der Waals surface area contributed by atoms with E-state index in [4.69, 9.17) is 0 Å². The van der Waals surface area contributed by atoms with Gasteiger partial charge in [0.05, 0.1) is 5.39 Å². The molecule has 2 aromatic rings. The summed E-state index contributed by atoms with van der Waals surface area (Å²) in [5.41, 5.74) is 0.784. The topological polar surface area (TPSA) is 56.9 Å². The molecule has 0 bridgehead atoms. The molecule has 0 radical (unpaired) electrons. The second-order valence-corrected chi connectivity index (χ2v) is 5.38. The normalized spacial score (nSPS) is 11.1. The molecule has 96 valence electrons. The van der Waals surface area contributed by atoms with E-state index in [-0.39, 0.29) is 11.2 Å². The van der Waals surface area contributed by atoms with E-state index in [0.29, 0.717) is 11.0 Å². The number of fused-ring (bicyclic) bond motifs is 1. The average Bonchev–Trinajstić information content (AvgIpc) is 2.36. The number of rotatable bonds is 2. The third-order valence-electron chi connectivity index (χ3n) is 2.89. The number of thioether (sulfide) groups is 1. The van der Waals surface area contributed by atoms with Crippen LogP contribution >= 0.6 is 11.8 Å². The molecular weight excluding hydrogens is 250 g/mol. The Kier molecular flexibility index (Phi) is 3.30. The molecule has 0 aliphatic carbocycles. The Morgan fingerprint density at radius 3 is 2.56 bits per heavy atom. The van der Waals surface area contributed by atoms with Crippen LogP contribution in [-0.4, -0.2) is 19.9 Å². The van der Waals surface area contributed by atoms with E-state index in [1.165, 1.54) is 11.6 Å². The lowest BCUT2D eigenvalue weighted by molar-refractivity contribution is 0.705. The second kappa shape index (κ2) is 4.61. The van der Waals surface area contributed by atoms with Gasteiger partial charge < -0.3 is 0 Å². The fourth-order valence-electron chi connectivity index (χ4n) is 1.93. The lowest BCUT2D eigenvalue weighted by atomic mass is 10.2. The number of hydrogen-bond donors (Lipinski definition) is 0. The number of aryl methyl sites for hydroxylation is 2. The Morgan fingerprint density at radius 2 is 1.94 bits per heavy atom. The molecule has 0 fully saturated rings. The van der Waals surface area contributed by atoms with Crippen molar-refractivity contribution < 1.29 is 0 Å². The summed E-state index contributed by atoms with van der Waals surface area (Å²) in [6.07, 6.45) is 1.71. The molecule has 5 nitrogen and oxygen atoms in total. The Balaban J connectivity index is 3.07. The van der Waals surface area contributed by atoms with Gasteiger partial charge in [-0.25, -0.2) is 9.78 Å². The minimum absolute atomic E-state index is 0.278. The van der Waals surface area contributed by atoms with Gasteiger partial charge in [0.1, 0.15) is 5.65 Å². The standard InChI is InChI=1S/C12H15N3O2S/c1-5-18-9-7(2)6-13-10-8(9)11(16)15(4)12(17)14(10)3/h6H,5H2,1-4H3. The van der Waals surface area contributed by atoms with Gasteiger partial charge in [-0.3, -0.25) is 13.9 Å². The number of nitrogens with zero attached hydrogens (tertiary/aromatic N) is 3. The van der Waals surface area contributed by atoms with Crippen molar-refractivity contribution in [3.05, 3.63) is 32.6 Å². The van der Waals surface area contributed by atoms with Crippen LogP contribution in [0.4, 0.5) is 0 Å². The highest BCUT2D eigenvalue weighted by atomic mass is 32.2. The van der Waals surface area contributed by atoms with Crippen molar-refractivity contribution in [2.24, 2.45) is 14.1 Å². The van der Waals surface area contributed by atoms with E-state index in [2.05, 4.69) is 4.98 Å². The van der Waals surface area contributed by atoms with Crippen molar-refractivity contribution in [2.75, 3.05) is 5.75 Å². The molecule has 6 heteroatoms. The highest BCUT2D eigenvalue weighted by Crippen LogP contribution is 2.26. The maximum atomic E-state index is 12.2. The zero-order valence-electron chi connectivity index (χ0n) is 10.9. The third-order valence-corrected chi connectivity index (χ3v) is 3.99. The molecule has 18 heavy (non-hydrogen) atoms. The maximum absolute atomic E-state index is 12.2. The van der Waals surface area contributed by atoms with Crippen LogP contribution in [0.2, 0.25) is 0 Å². The van der Waals surface area contributed by atoms with Crippen LogP contribution in [0, 0.1) is 6.92 Å². The summed E-state index contributed by atoms with van der Waals surface area (Å²) in [5.74, 6) is 0.867. The van der Waals surface area contributed by atoms with Gasteiger partial charge in [0, 0.05) is 25.2 Å². The first-order valence-corrected chi connectivity index (χ1v) is 6.65. The van der Waals surface area contributed by atoms with Crippen molar-refractivity contribution in [3.8, 4) is 0 Å². The molecule has 2 rings (SSSR count). The molecule has 0 N–H and O–H groups in total. The number of hydrogen-bond acceptors (Lipinski definition) is 4. The fraction of sp³-hybridized carbons (Fsp3) is 0.417. The molecule has 0 unspecified atom stereocenters. The molecule has 0 atom stereocenters. The highest BCUT2D eigenvalue weighted by molar-refractivity contribution is 7.99. The zero-order valence-corrected chi connectivity index (χ0v) is 11.7. The average molecular weight is 265 g/mol. The lowest BCUT2D eigenvalue weighted by Crippen LogP contribution is -2.37. The summed E-state index contributed by atoms with van der Waals surface area (Å²) in [7, 11) is 3.12. The molecule has 2 heterocycles. The molecule has 0 spiro atoms. The maximum Gasteiger partial charge on any atom is 0.332 e. The fourth-order valence-corrected chi connectivity index (χ4v) is 2.82. The Hall–Kier alpha value is -1.56. The quantitative estimate of drug-likeness (QED) is 0.762. The molecule has 0 aliphatic heterocycles. The first-order chi connectivity index (χ1) is 8.49. The van der Waals surface area contributed by atoms with Crippen molar-refractivity contribution in [3.63, 3.8) is 0 Å². The summed E-state index contributed by atoms with van der Waals surface area (Å²) >= 11 is 1.60. The molecule has 0 aliphatic rings. The van der Waals surface area contributed by atoms with Crippen LogP contribution in [-0.2, 0) is 14.1 Å². The van der Waals surface area contributed by atoms with Crippen molar-refractivity contribution >= 4 is 22.8 Å². The van der Waals surface area contributed by atoms with E-state index in [9.17, 15) is 9.59 Å². The predicted octanol–water partition coefficient (Wildman–Crippen LogP) is 1.05. The monoisotopic (exact) mass is 265 g/mol. The number of aromatic nitrogens is 3. The van der Waals surface area contributed by atoms with Gasteiger partial charge >= 0.3 is 5.69 Å². The van der Waals surface area contributed by atoms with Gasteiger partial charge in [-0.05, 0) is 18.2 Å². The third kappa shape index (κ3) is 1.77. The zero-order chi connectivity index (χ0) is 13.4. The predicted molar refractivity (Wildman–Crippen MR) is 73.4 cm³/mol. The Labute approximate surface area is 108 Å². The summed E-state index contributed by atoms with van der Waals surface area (Å²) in [4.78, 5) is 29.2. The SMILES string of the molecule is CCSc1c(C)cnc2c1c(=O)n(C)c(=O)n2C. The van der Waals surface area contributed by atoms with Crippen LogP contribution in [0.15, 0.2) is 20.7 Å². The van der Waals surface area contributed by atoms with Crippen molar-refractivity contribution in [1.82, 2.24) is 14.1 Å². The second-order valence-electron chi connectivity index (χ2n) is 4.11. The Bertz CT molecular complexity index is 731. The van der Waals surface area contributed by atoms with Gasteiger partial charge in [-0.1, -0.05) is 6.92 Å². The summed E-state index contributed by atoms with van der Waals surface area (Å²) in [5, 5.41) is 0.534. The van der Waals surface area contributed by atoms with Crippen LogP contribution in [0.3, 0.4) is 0 Å². The molecule has 2 aromatic heterocycles. The minimum atomic E-state index is -0.351. The lowest BCUT2D eigenvalue weighted by Gasteiger charge is -2.11. The van der Waals surface area contributed by atoms with Gasteiger partial charge in [-0.2, -0.15) is 0 Å². The largest absolute Gasteiger partial charge is 0.332 e. The molecule has 0 aromatic carbocycles. The summed E-state index contributed by atoms with van der Waals surface area (Å²) < 4.78 is 2.54.